The van der Waals surface area contributed by atoms with Gasteiger partial charge in [-0.2, -0.15) is 0 Å². The van der Waals surface area contributed by atoms with E-state index in [2.05, 4.69) is 4.99 Å². The molecule has 0 radical (unpaired) electrons. The van der Waals surface area contributed by atoms with Gasteiger partial charge in [-0.25, -0.2) is 0 Å². The second kappa shape index (κ2) is 6.83. The van der Waals surface area contributed by atoms with Gasteiger partial charge in [-0.15, -0.1) is 0 Å². The summed E-state index contributed by atoms with van der Waals surface area (Å²) in [4.78, 5) is 4.63. The van der Waals surface area contributed by atoms with Crippen LogP contribution in [0.2, 0.25) is 0 Å². The molecule has 1 aliphatic rings. The second-order valence-electron chi connectivity index (χ2n) is 5.60. The Morgan fingerprint density at radius 3 is 2.38 bits per heavy atom. The SMILES string of the molecule is COc1ccc(CC2=NCCc3ccc(OC)c(O)c32)cc1OC. The number of aromatic hydroxyl groups is 1. The monoisotopic (exact) mass is 327 g/mol. The van der Waals surface area contributed by atoms with Crippen LogP contribution < -0.4 is 14.2 Å². The molecule has 1 heterocycles. The zero-order chi connectivity index (χ0) is 17.1. The number of rotatable bonds is 5. The van der Waals surface area contributed by atoms with E-state index in [0.717, 1.165) is 35.4 Å². The van der Waals surface area contributed by atoms with Crippen LogP contribution in [0.1, 0.15) is 16.7 Å². The molecule has 0 atom stereocenters. The van der Waals surface area contributed by atoms with Gasteiger partial charge in [-0.3, -0.25) is 4.99 Å². The van der Waals surface area contributed by atoms with Crippen LogP contribution in [-0.4, -0.2) is 38.7 Å². The summed E-state index contributed by atoms with van der Waals surface area (Å²) in [5, 5.41) is 10.5. The Morgan fingerprint density at radius 2 is 1.67 bits per heavy atom. The molecule has 24 heavy (non-hydrogen) atoms. The first-order chi connectivity index (χ1) is 11.7. The minimum Gasteiger partial charge on any atom is -0.504 e. The van der Waals surface area contributed by atoms with Crippen molar-refractivity contribution in [1.29, 1.82) is 0 Å². The Kier molecular flexibility index (Phi) is 4.60. The van der Waals surface area contributed by atoms with Gasteiger partial charge in [0.05, 0.1) is 27.0 Å². The maximum absolute atomic E-state index is 10.5. The zero-order valence-electron chi connectivity index (χ0n) is 14.1. The predicted octanol–water partition coefficient (Wildman–Crippen LogP) is 3.01. The van der Waals surface area contributed by atoms with Crippen LogP contribution in [0.25, 0.3) is 0 Å². The number of methoxy groups -OCH3 is 3. The number of fused-ring (bicyclic) bond motifs is 1. The van der Waals surface area contributed by atoms with Crippen LogP contribution in [0.5, 0.6) is 23.0 Å². The molecule has 0 aliphatic carbocycles. The Labute approximate surface area is 141 Å². The molecule has 126 valence electrons. The molecule has 0 aromatic heterocycles. The van der Waals surface area contributed by atoms with E-state index >= 15 is 0 Å². The van der Waals surface area contributed by atoms with Crippen LogP contribution in [0.4, 0.5) is 0 Å². The summed E-state index contributed by atoms with van der Waals surface area (Å²) in [5.41, 5.74) is 3.79. The molecular weight excluding hydrogens is 306 g/mol. The average Bonchev–Trinajstić information content (AvgIpc) is 2.62. The van der Waals surface area contributed by atoms with Crippen molar-refractivity contribution in [2.24, 2.45) is 4.99 Å². The molecule has 0 amide bonds. The van der Waals surface area contributed by atoms with Gasteiger partial charge < -0.3 is 19.3 Å². The standard InChI is InChI=1S/C19H21NO4/c1-22-15-6-4-12(11-17(15)24-3)10-14-18-13(8-9-20-14)5-7-16(23-2)19(18)21/h4-7,11,21H,8-10H2,1-3H3. The highest BCUT2D eigenvalue weighted by Crippen LogP contribution is 2.36. The van der Waals surface area contributed by atoms with Crippen LogP contribution in [0.3, 0.4) is 0 Å². The maximum Gasteiger partial charge on any atom is 0.167 e. The second-order valence-corrected chi connectivity index (χ2v) is 5.60. The van der Waals surface area contributed by atoms with E-state index in [9.17, 15) is 5.11 Å². The summed E-state index contributed by atoms with van der Waals surface area (Å²) >= 11 is 0. The molecule has 0 bridgehead atoms. The first kappa shape index (κ1) is 16.2. The van der Waals surface area contributed by atoms with E-state index in [1.54, 1.807) is 27.4 Å². The lowest BCUT2D eigenvalue weighted by Crippen LogP contribution is -2.16. The van der Waals surface area contributed by atoms with E-state index in [1.807, 2.05) is 24.3 Å². The van der Waals surface area contributed by atoms with Crippen LogP contribution in [0, 0.1) is 0 Å². The van der Waals surface area contributed by atoms with Crippen molar-refractivity contribution < 1.29 is 19.3 Å². The minimum atomic E-state index is 0.161. The third-order valence-electron chi connectivity index (χ3n) is 4.24. The van der Waals surface area contributed by atoms with Gasteiger partial charge in [0.1, 0.15) is 0 Å². The summed E-state index contributed by atoms with van der Waals surface area (Å²) in [6.07, 6.45) is 1.43. The normalized spacial score (nSPS) is 13.0. The third-order valence-corrected chi connectivity index (χ3v) is 4.24. The molecule has 3 rings (SSSR count). The van der Waals surface area contributed by atoms with Gasteiger partial charge in [-0.05, 0) is 35.7 Å². The first-order valence-corrected chi connectivity index (χ1v) is 7.81. The van der Waals surface area contributed by atoms with Crippen molar-refractivity contribution in [3.63, 3.8) is 0 Å². The Bertz CT molecular complexity index is 783. The fourth-order valence-corrected chi connectivity index (χ4v) is 3.03. The van der Waals surface area contributed by atoms with Crippen molar-refractivity contribution in [2.45, 2.75) is 12.8 Å². The number of hydrogen-bond donors (Lipinski definition) is 1. The number of benzene rings is 2. The van der Waals surface area contributed by atoms with Crippen molar-refractivity contribution >= 4 is 5.71 Å². The van der Waals surface area contributed by atoms with Gasteiger partial charge >= 0.3 is 0 Å². The van der Waals surface area contributed by atoms with Crippen molar-refractivity contribution in [3.05, 3.63) is 47.0 Å². The van der Waals surface area contributed by atoms with E-state index in [1.165, 1.54) is 0 Å². The van der Waals surface area contributed by atoms with Crippen molar-refractivity contribution in [2.75, 3.05) is 27.9 Å². The fraction of sp³-hybridized carbons (Fsp3) is 0.316. The highest BCUT2D eigenvalue weighted by molar-refractivity contribution is 6.06. The number of phenols is 1. The fourth-order valence-electron chi connectivity index (χ4n) is 3.03. The third kappa shape index (κ3) is 2.89. The van der Waals surface area contributed by atoms with Crippen LogP contribution >= 0.6 is 0 Å². The maximum atomic E-state index is 10.5. The van der Waals surface area contributed by atoms with E-state index < -0.39 is 0 Å². The first-order valence-electron chi connectivity index (χ1n) is 7.81. The van der Waals surface area contributed by atoms with Gasteiger partial charge in [-0.1, -0.05) is 12.1 Å². The summed E-state index contributed by atoms with van der Waals surface area (Å²) in [6.45, 7) is 0.724. The molecule has 1 N–H and O–H groups in total. The largest absolute Gasteiger partial charge is 0.504 e. The Morgan fingerprint density at radius 1 is 0.958 bits per heavy atom. The topological polar surface area (TPSA) is 60.3 Å². The van der Waals surface area contributed by atoms with E-state index in [4.69, 9.17) is 14.2 Å². The summed E-state index contributed by atoms with van der Waals surface area (Å²) in [7, 11) is 4.78. The van der Waals surface area contributed by atoms with Crippen molar-refractivity contribution in [3.8, 4) is 23.0 Å². The van der Waals surface area contributed by atoms with E-state index in [0.29, 0.717) is 23.7 Å². The molecule has 1 aliphatic heterocycles. The quantitative estimate of drug-likeness (QED) is 0.917. The number of nitrogens with zero attached hydrogens (tertiary/aromatic N) is 1. The lowest BCUT2D eigenvalue weighted by Gasteiger charge is -2.20. The van der Waals surface area contributed by atoms with Gasteiger partial charge in [0.2, 0.25) is 0 Å². The highest BCUT2D eigenvalue weighted by atomic mass is 16.5. The van der Waals surface area contributed by atoms with Gasteiger partial charge in [0.15, 0.2) is 23.0 Å². The molecular formula is C19H21NO4. The highest BCUT2D eigenvalue weighted by Gasteiger charge is 2.21. The number of phenolic OH excluding ortho intramolecular Hbond substituents is 1. The van der Waals surface area contributed by atoms with Crippen LogP contribution in [-0.2, 0) is 12.8 Å². The molecule has 0 saturated heterocycles. The van der Waals surface area contributed by atoms with Crippen LogP contribution in [0.15, 0.2) is 35.3 Å². The molecule has 2 aromatic rings. The number of hydrogen-bond acceptors (Lipinski definition) is 5. The van der Waals surface area contributed by atoms with E-state index in [-0.39, 0.29) is 5.75 Å². The minimum absolute atomic E-state index is 0.161. The van der Waals surface area contributed by atoms with Crippen molar-refractivity contribution in [1.82, 2.24) is 0 Å². The van der Waals surface area contributed by atoms with Gasteiger partial charge in [0.25, 0.3) is 0 Å². The molecule has 5 heteroatoms. The summed E-state index contributed by atoms with van der Waals surface area (Å²) < 4.78 is 15.9. The molecule has 0 fully saturated rings. The Balaban J connectivity index is 1.96. The smallest absolute Gasteiger partial charge is 0.167 e. The molecule has 0 saturated carbocycles. The Hall–Kier alpha value is -2.69. The number of aliphatic imine (C=N–C) groups is 1. The molecule has 0 unspecified atom stereocenters. The predicted molar refractivity (Wildman–Crippen MR) is 93.0 cm³/mol. The average molecular weight is 327 g/mol. The summed E-state index contributed by atoms with van der Waals surface area (Å²) in [6, 6.07) is 9.59. The van der Waals surface area contributed by atoms with Gasteiger partial charge in [0, 0.05) is 18.5 Å². The lowest BCUT2D eigenvalue weighted by atomic mass is 9.92. The lowest BCUT2D eigenvalue weighted by molar-refractivity contribution is 0.354. The summed E-state index contributed by atoms with van der Waals surface area (Å²) in [5.74, 6) is 2.00. The molecule has 5 nitrogen and oxygen atoms in total. The molecule has 2 aromatic carbocycles. The zero-order valence-corrected chi connectivity index (χ0v) is 14.1. The number of ether oxygens (including phenoxy) is 3. The molecule has 0 spiro atoms.